The number of fused-ring (bicyclic) bond motifs is 1. The zero-order valence-electron chi connectivity index (χ0n) is 14.2. The number of methoxy groups -OCH3 is 2. The zero-order chi connectivity index (χ0) is 17.5. The van der Waals surface area contributed by atoms with Crippen LogP contribution in [0.1, 0.15) is 6.42 Å². The summed E-state index contributed by atoms with van der Waals surface area (Å²) in [5.74, 6) is 1.89. The summed E-state index contributed by atoms with van der Waals surface area (Å²) in [6, 6.07) is 7.58. The molecule has 0 atom stereocenters. The van der Waals surface area contributed by atoms with Gasteiger partial charge in [0.1, 0.15) is 5.75 Å². The van der Waals surface area contributed by atoms with E-state index in [1.54, 1.807) is 26.6 Å². The molecule has 8 heteroatoms. The van der Waals surface area contributed by atoms with Crippen molar-refractivity contribution >= 4 is 28.6 Å². The van der Waals surface area contributed by atoms with Crippen LogP contribution < -0.4 is 15.4 Å². The number of anilines is 3. The number of benzene rings is 1. The van der Waals surface area contributed by atoms with Crippen LogP contribution in [-0.2, 0) is 4.74 Å². The molecule has 0 radical (unpaired) electrons. The molecule has 2 heterocycles. The Kier molecular flexibility index (Phi) is 5.53. The van der Waals surface area contributed by atoms with Crippen LogP contribution in [0.4, 0.5) is 17.5 Å². The lowest BCUT2D eigenvalue weighted by molar-refractivity contribution is 0.197. The van der Waals surface area contributed by atoms with Crippen LogP contribution in [-0.4, -0.2) is 47.3 Å². The Bertz CT molecular complexity index is 825. The molecule has 2 N–H and O–H groups in total. The highest BCUT2D eigenvalue weighted by molar-refractivity contribution is 5.85. The van der Waals surface area contributed by atoms with Crippen molar-refractivity contribution in [2.24, 2.45) is 0 Å². The number of hydrogen-bond acceptors (Lipinski definition) is 8. The first-order valence-corrected chi connectivity index (χ1v) is 7.93. The van der Waals surface area contributed by atoms with Crippen LogP contribution in [0, 0.1) is 0 Å². The van der Waals surface area contributed by atoms with Crippen molar-refractivity contribution in [2.45, 2.75) is 6.42 Å². The molecule has 0 bridgehead atoms. The van der Waals surface area contributed by atoms with E-state index in [2.05, 4.69) is 30.6 Å². The van der Waals surface area contributed by atoms with Crippen LogP contribution in [0.25, 0.3) is 11.2 Å². The smallest absolute Gasteiger partial charge is 0.226 e. The van der Waals surface area contributed by atoms with Crippen molar-refractivity contribution in [2.75, 3.05) is 38.0 Å². The van der Waals surface area contributed by atoms with Gasteiger partial charge in [0.25, 0.3) is 0 Å². The highest BCUT2D eigenvalue weighted by Crippen LogP contribution is 2.23. The van der Waals surface area contributed by atoms with Crippen molar-refractivity contribution in [3.63, 3.8) is 0 Å². The monoisotopic (exact) mass is 340 g/mol. The van der Waals surface area contributed by atoms with E-state index >= 15 is 0 Å². The Hall–Kier alpha value is -3.00. The summed E-state index contributed by atoms with van der Waals surface area (Å²) in [4.78, 5) is 17.6. The highest BCUT2D eigenvalue weighted by Gasteiger charge is 2.10. The quantitative estimate of drug-likeness (QED) is 0.604. The molecule has 2 aromatic heterocycles. The van der Waals surface area contributed by atoms with Gasteiger partial charge in [0.15, 0.2) is 17.0 Å². The molecule has 0 spiro atoms. The highest BCUT2D eigenvalue weighted by atomic mass is 16.5. The SMILES string of the molecule is COCCCNc1nc(Nc2ccc(OC)cc2)c2nccnc2n1. The van der Waals surface area contributed by atoms with Gasteiger partial charge in [-0.2, -0.15) is 9.97 Å². The molecule has 0 unspecified atom stereocenters. The molecular formula is C17H20N6O2. The average molecular weight is 340 g/mol. The zero-order valence-corrected chi connectivity index (χ0v) is 14.2. The van der Waals surface area contributed by atoms with Crippen molar-refractivity contribution < 1.29 is 9.47 Å². The lowest BCUT2D eigenvalue weighted by Gasteiger charge is -2.11. The van der Waals surface area contributed by atoms with Crippen molar-refractivity contribution in [1.29, 1.82) is 0 Å². The predicted octanol–water partition coefficient (Wildman–Crippen LogP) is 2.62. The van der Waals surface area contributed by atoms with E-state index in [4.69, 9.17) is 9.47 Å². The third kappa shape index (κ3) is 4.30. The van der Waals surface area contributed by atoms with Crippen LogP contribution >= 0.6 is 0 Å². The standard InChI is InChI=1S/C17H20N6O2/c1-24-11-3-8-20-17-22-15-14(18-9-10-19-15)16(23-17)21-12-4-6-13(25-2)7-5-12/h4-7,9-10H,3,8,11H2,1-2H3,(H2,19,20,21,22,23). The van der Waals surface area contributed by atoms with Gasteiger partial charge in [0.05, 0.1) is 7.11 Å². The summed E-state index contributed by atoms with van der Waals surface area (Å²) in [6.45, 7) is 1.39. The molecule has 0 aliphatic rings. The number of rotatable bonds is 8. The Morgan fingerprint density at radius 3 is 2.56 bits per heavy atom. The molecule has 0 aliphatic carbocycles. The third-order valence-corrected chi connectivity index (χ3v) is 3.49. The summed E-state index contributed by atoms with van der Waals surface area (Å²) in [7, 11) is 3.32. The molecule has 130 valence electrons. The minimum Gasteiger partial charge on any atom is -0.497 e. The first kappa shape index (κ1) is 16.8. The maximum Gasteiger partial charge on any atom is 0.226 e. The fourth-order valence-corrected chi connectivity index (χ4v) is 2.26. The van der Waals surface area contributed by atoms with E-state index in [0.29, 0.717) is 36.1 Å². The first-order chi connectivity index (χ1) is 12.3. The van der Waals surface area contributed by atoms with E-state index in [9.17, 15) is 0 Å². The number of hydrogen-bond donors (Lipinski definition) is 2. The lowest BCUT2D eigenvalue weighted by atomic mass is 10.3. The van der Waals surface area contributed by atoms with E-state index in [-0.39, 0.29) is 0 Å². The minimum absolute atomic E-state index is 0.500. The van der Waals surface area contributed by atoms with Crippen LogP contribution in [0.5, 0.6) is 5.75 Å². The van der Waals surface area contributed by atoms with E-state index in [0.717, 1.165) is 17.9 Å². The van der Waals surface area contributed by atoms with Gasteiger partial charge in [0.2, 0.25) is 5.95 Å². The van der Waals surface area contributed by atoms with Gasteiger partial charge in [-0.25, -0.2) is 9.97 Å². The van der Waals surface area contributed by atoms with Gasteiger partial charge in [-0.1, -0.05) is 0 Å². The fourth-order valence-electron chi connectivity index (χ4n) is 2.26. The van der Waals surface area contributed by atoms with Gasteiger partial charge in [-0.3, -0.25) is 0 Å². The summed E-state index contributed by atoms with van der Waals surface area (Å²) in [5, 5.41) is 6.45. The number of ether oxygens (including phenoxy) is 2. The summed E-state index contributed by atoms with van der Waals surface area (Å²) >= 11 is 0. The fraction of sp³-hybridized carbons (Fsp3) is 0.294. The Balaban J connectivity index is 1.85. The minimum atomic E-state index is 0.500. The molecule has 3 aromatic rings. The molecule has 0 fully saturated rings. The van der Waals surface area contributed by atoms with Crippen molar-refractivity contribution in [3.8, 4) is 5.75 Å². The van der Waals surface area contributed by atoms with Gasteiger partial charge in [-0.15, -0.1) is 0 Å². The first-order valence-electron chi connectivity index (χ1n) is 7.93. The van der Waals surface area contributed by atoms with Gasteiger partial charge >= 0.3 is 0 Å². The molecule has 0 amide bonds. The second-order valence-corrected chi connectivity index (χ2v) is 5.25. The van der Waals surface area contributed by atoms with E-state index < -0.39 is 0 Å². The normalized spacial score (nSPS) is 10.6. The summed E-state index contributed by atoms with van der Waals surface area (Å²) in [6.07, 6.45) is 4.09. The average Bonchev–Trinajstić information content (AvgIpc) is 2.66. The molecule has 1 aromatic carbocycles. The summed E-state index contributed by atoms with van der Waals surface area (Å²) < 4.78 is 10.2. The Labute approximate surface area is 145 Å². The maximum atomic E-state index is 5.18. The molecule has 8 nitrogen and oxygen atoms in total. The second-order valence-electron chi connectivity index (χ2n) is 5.25. The van der Waals surface area contributed by atoms with Crippen LogP contribution in [0.3, 0.4) is 0 Å². The molecule has 3 rings (SSSR count). The molecule has 0 saturated carbocycles. The molecular weight excluding hydrogens is 320 g/mol. The Morgan fingerprint density at radius 1 is 1.00 bits per heavy atom. The maximum absolute atomic E-state index is 5.18. The van der Waals surface area contributed by atoms with E-state index in [1.165, 1.54) is 0 Å². The largest absolute Gasteiger partial charge is 0.497 e. The lowest BCUT2D eigenvalue weighted by Crippen LogP contribution is -2.09. The third-order valence-electron chi connectivity index (χ3n) is 3.49. The molecule has 25 heavy (non-hydrogen) atoms. The number of aromatic nitrogens is 4. The second kappa shape index (κ2) is 8.20. The molecule has 0 saturated heterocycles. The van der Waals surface area contributed by atoms with Gasteiger partial charge < -0.3 is 20.1 Å². The topological polar surface area (TPSA) is 94.1 Å². The predicted molar refractivity (Wildman–Crippen MR) is 96.4 cm³/mol. The van der Waals surface area contributed by atoms with Crippen LogP contribution in [0.2, 0.25) is 0 Å². The van der Waals surface area contributed by atoms with Gasteiger partial charge in [-0.05, 0) is 30.7 Å². The van der Waals surface area contributed by atoms with Gasteiger partial charge in [0, 0.05) is 38.3 Å². The van der Waals surface area contributed by atoms with E-state index in [1.807, 2.05) is 24.3 Å². The number of nitrogens with one attached hydrogen (secondary N) is 2. The van der Waals surface area contributed by atoms with Crippen molar-refractivity contribution in [1.82, 2.24) is 19.9 Å². The van der Waals surface area contributed by atoms with Crippen molar-refractivity contribution in [3.05, 3.63) is 36.7 Å². The molecule has 0 aliphatic heterocycles. The van der Waals surface area contributed by atoms with Crippen LogP contribution in [0.15, 0.2) is 36.7 Å². The summed E-state index contributed by atoms with van der Waals surface area (Å²) in [5.41, 5.74) is 2.01. The number of nitrogens with zero attached hydrogens (tertiary/aromatic N) is 4. The Morgan fingerprint density at radius 2 is 1.80 bits per heavy atom.